The van der Waals surface area contributed by atoms with Crippen molar-refractivity contribution in [3.63, 3.8) is 0 Å². The van der Waals surface area contributed by atoms with Crippen molar-refractivity contribution in [2.24, 2.45) is 5.41 Å². The van der Waals surface area contributed by atoms with E-state index in [2.05, 4.69) is 22.2 Å². The van der Waals surface area contributed by atoms with E-state index in [1.807, 2.05) is 0 Å². The molecule has 2 fully saturated rings. The summed E-state index contributed by atoms with van der Waals surface area (Å²) in [5.41, 5.74) is 0.759. The van der Waals surface area contributed by atoms with Crippen LogP contribution in [0.4, 0.5) is 14.3 Å². The Kier molecular flexibility index (Phi) is 6.59. The van der Waals surface area contributed by atoms with Gasteiger partial charge >= 0.3 is 6.03 Å². The molecule has 2 saturated heterocycles. The molecule has 2 amide bonds. The molecule has 0 spiro atoms. The van der Waals surface area contributed by atoms with Crippen molar-refractivity contribution in [3.8, 4) is 5.88 Å². The highest BCUT2D eigenvalue weighted by molar-refractivity contribution is 7.22. The van der Waals surface area contributed by atoms with E-state index in [-0.39, 0.29) is 29.9 Å². The number of aromatic nitrogens is 2. The predicted octanol–water partition coefficient (Wildman–Crippen LogP) is 3.75. The molecule has 2 aliphatic heterocycles. The molecule has 1 atom stereocenters. The predicted molar refractivity (Wildman–Crippen MR) is 116 cm³/mol. The molecule has 31 heavy (non-hydrogen) atoms. The smallest absolute Gasteiger partial charge is 0.323 e. The fraction of sp³-hybridized carbons (Fsp3) is 0.667. The summed E-state index contributed by atoms with van der Waals surface area (Å²) in [4.78, 5) is 23.1. The first-order valence-corrected chi connectivity index (χ1v) is 11.6. The van der Waals surface area contributed by atoms with Crippen LogP contribution >= 0.6 is 11.3 Å². The zero-order valence-corrected chi connectivity index (χ0v) is 18.8. The number of methoxy groups -OCH3 is 1. The van der Waals surface area contributed by atoms with Crippen LogP contribution in [0.3, 0.4) is 0 Å². The van der Waals surface area contributed by atoms with E-state index in [4.69, 9.17) is 9.47 Å². The number of nitrogens with zero attached hydrogens (tertiary/aromatic N) is 3. The van der Waals surface area contributed by atoms with Gasteiger partial charge in [-0.15, -0.1) is 0 Å². The summed E-state index contributed by atoms with van der Waals surface area (Å²) < 4.78 is 26.2. The van der Waals surface area contributed by atoms with Crippen molar-refractivity contribution in [2.45, 2.75) is 44.9 Å². The normalized spacial score (nSPS) is 22.3. The largest absolute Gasteiger partial charge is 0.479 e. The maximum atomic E-state index is 14.9. The van der Waals surface area contributed by atoms with Crippen LogP contribution in [0.1, 0.15) is 50.5 Å². The van der Waals surface area contributed by atoms with E-state index >= 15 is 0 Å². The van der Waals surface area contributed by atoms with Crippen LogP contribution in [0, 0.1) is 11.4 Å². The Bertz CT molecular complexity index is 949. The third-order valence-corrected chi connectivity index (χ3v) is 7.38. The van der Waals surface area contributed by atoms with Crippen molar-refractivity contribution in [1.82, 2.24) is 14.9 Å². The van der Waals surface area contributed by atoms with E-state index in [1.54, 1.807) is 4.90 Å². The van der Waals surface area contributed by atoms with Gasteiger partial charge in [-0.2, -0.15) is 9.37 Å². The Morgan fingerprint density at radius 2 is 2.19 bits per heavy atom. The summed E-state index contributed by atoms with van der Waals surface area (Å²) in [6.07, 6.45) is 4.05. The van der Waals surface area contributed by atoms with E-state index in [1.165, 1.54) is 18.4 Å². The fourth-order valence-electron chi connectivity index (χ4n) is 4.70. The number of carbonyl (C=O) groups is 1. The van der Waals surface area contributed by atoms with E-state index in [0.29, 0.717) is 60.1 Å². The molecule has 2 aromatic heterocycles. The Morgan fingerprint density at radius 3 is 2.87 bits per heavy atom. The van der Waals surface area contributed by atoms with Gasteiger partial charge in [0.1, 0.15) is 5.52 Å². The summed E-state index contributed by atoms with van der Waals surface area (Å²) in [6, 6.07) is -0.259. The van der Waals surface area contributed by atoms with E-state index < -0.39 is 5.95 Å². The van der Waals surface area contributed by atoms with Gasteiger partial charge in [0.05, 0.1) is 18.4 Å². The molecule has 170 valence electrons. The molecule has 0 unspecified atom stereocenters. The number of rotatable bonds is 6. The second kappa shape index (κ2) is 9.22. The van der Waals surface area contributed by atoms with Crippen molar-refractivity contribution < 1.29 is 23.8 Å². The quantitative estimate of drug-likeness (QED) is 0.648. The maximum absolute atomic E-state index is 14.9. The lowest BCUT2D eigenvalue weighted by Gasteiger charge is -2.26. The second-order valence-electron chi connectivity index (χ2n) is 8.42. The number of aliphatic hydroxyl groups is 1. The van der Waals surface area contributed by atoms with Crippen LogP contribution in [0.15, 0.2) is 0 Å². The molecule has 8 nitrogen and oxygen atoms in total. The summed E-state index contributed by atoms with van der Waals surface area (Å²) in [5.74, 6) is -0.440. The molecule has 10 heteroatoms. The monoisotopic (exact) mass is 452 g/mol. The number of ether oxygens (including phenoxy) is 2. The summed E-state index contributed by atoms with van der Waals surface area (Å²) >= 11 is 1.24. The van der Waals surface area contributed by atoms with Crippen molar-refractivity contribution in [2.75, 3.05) is 45.3 Å². The summed E-state index contributed by atoms with van der Waals surface area (Å²) in [6.45, 7) is 4.42. The third-order valence-electron chi connectivity index (χ3n) is 6.37. The molecule has 0 aromatic carbocycles. The lowest BCUT2D eigenvalue weighted by Crippen LogP contribution is -2.36. The van der Waals surface area contributed by atoms with Gasteiger partial charge in [0, 0.05) is 37.3 Å². The number of fused-ring (bicyclic) bond motifs is 1. The first kappa shape index (κ1) is 22.2. The minimum absolute atomic E-state index is 0.00328. The SMILES string of the molecule is CCC[C@]1(CO)CCN(C(=O)Nc2nc3c(OC)nc(F)c(C4CCOCC4)c3s2)C1. The second-order valence-corrected chi connectivity index (χ2v) is 9.42. The van der Waals surface area contributed by atoms with Crippen molar-refractivity contribution in [3.05, 3.63) is 11.5 Å². The number of hydrogen-bond donors (Lipinski definition) is 2. The van der Waals surface area contributed by atoms with Crippen molar-refractivity contribution in [1.29, 1.82) is 0 Å². The van der Waals surface area contributed by atoms with Gasteiger partial charge < -0.3 is 19.5 Å². The number of pyridine rings is 1. The van der Waals surface area contributed by atoms with Crippen LogP contribution in [-0.4, -0.2) is 66.0 Å². The lowest BCUT2D eigenvalue weighted by molar-refractivity contribution is 0.0847. The average Bonchev–Trinajstić information content (AvgIpc) is 3.39. The number of hydrogen-bond acceptors (Lipinski definition) is 7. The van der Waals surface area contributed by atoms with Crippen LogP contribution < -0.4 is 10.1 Å². The number of halogens is 1. The minimum Gasteiger partial charge on any atom is -0.479 e. The third kappa shape index (κ3) is 4.33. The highest BCUT2D eigenvalue weighted by Crippen LogP contribution is 2.41. The number of anilines is 1. The molecule has 0 bridgehead atoms. The Balaban J connectivity index is 1.59. The van der Waals surface area contributed by atoms with Gasteiger partial charge in [-0.25, -0.2) is 9.78 Å². The molecule has 0 saturated carbocycles. The average molecular weight is 453 g/mol. The van der Waals surface area contributed by atoms with E-state index in [0.717, 1.165) is 19.3 Å². The summed E-state index contributed by atoms with van der Waals surface area (Å²) in [7, 11) is 1.43. The molecule has 0 aliphatic carbocycles. The molecule has 0 radical (unpaired) electrons. The van der Waals surface area contributed by atoms with Gasteiger partial charge in [0.25, 0.3) is 0 Å². The first-order valence-electron chi connectivity index (χ1n) is 10.8. The topological polar surface area (TPSA) is 96.8 Å². The zero-order chi connectivity index (χ0) is 22.0. The number of nitrogens with one attached hydrogen (secondary N) is 1. The van der Waals surface area contributed by atoms with Gasteiger partial charge in [0.2, 0.25) is 11.8 Å². The molecule has 2 N–H and O–H groups in total. The fourth-order valence-corrected chi connectivity index (χ4v) is 5.76. The highest BCUT2D eigenvalue weighted by atomic mass is 32.1. The Morgan fingerprint density at radius 1 is 1.42 bits per heavy atom. The van der Waals surface area contributed by atoms with Gasteiger partial charge in [-0.1, -0.05) is 24.7 Å². The highest BCUT2D eigenvalue weighted by Gasteiger charge is 2.39. The number of amides is 2. The standard InChI is InChI=1S/C21H29FN4O4S/c1-3-6-21(12-27)7-8-26(11-21)20(28)25-19-23-15-16(31-19)14(13-4-9-30-10-5-13)17(22)24-18(15)29-2/h13,27H,3-12H2,1-2H3,(H,23,25,28)/t21-/m0/s1. The molecule has 4 rings (SSSR count). The minimum atomic E-state index is -0.551. The van der Waals surface area contributed by atoms with Crippen LogP contribution in [0.2, 0.25) is 0 Å². The number of thiazole rings is 1. The lowest BCUT2D eigenvalue weighted by atomic mass is 9.83. The molecule has 2 aromatic rings. The van der Waals surface area contributed by atoms with Crippen LogP contribution in [-0.2, 0) is 4.74 Å². The number of likely N-dealkylation sites (tertiary alicyclic amines) is 1. The molecular formula is C21H29FN4O4S. The molecular weight excluding hydrogens is 423 g/mol. The Hall–Kier alpha value is -2.04. The van der Waals surface area contributed by atoms with Gasteiger partial charge in [-0.3, -0.25) is 5.32 Å². The van der Waals surface area contributed by atoms with Crippen molar-refractivity contribution >= 4 is 32.7 Å². The zero-order valence-electron chi connectivity index (χ0n) is 17.9. The first-order chi connectivity index (χ1) is 15.0. The van der Waals surface area contributed by atoms with Gasteiger partial charge in [-0.05, 0) is 31.6 Å². The number of urea groups is 1. The van der Waals surface area contributed by atoms with Crippen LogP contribution in [0.25, 0.3) is 10.2 Å². The maximum Gasteiger partial charge on any atom is 0.323 e. The molecule has 2 aliphatic rings. The van der Waals surface area contributed by atoms with Crippen LogP contribution in [0.5, 0.6) is 5.88 Å². The molecule has 4 heterocycles. The Labute approximate surface area is 184 Å². The number of carbonyl (C=O) groups excluding carboxylic acids is 1. The van der Waals surface area contributed by atoms with E-state index in [9.17, 15) is 14.3 Å². The summed E-state index contributed by atoms with van der Waals surface area (Å²) in [5, 5.41) is 13.1. The van der Waals surface area contributed by atoms with Gasteiger partial charge in [0.15, 0.2) is 5.13 Å². The number of aliphatic hydroxyl groups excluding tert-OH is 1.